The predicted octanol–water partition coefficient (Wildman–Crippen LogP) is 2.94. The van der Waals surface area contributed by atoms with Crippen molar-refractivity contribution in [3.63, 3.8) is 0 Å². The first-order valence-electron chi connectivity index (χ1n) is 5.53. The molecule has 1 aromatic carbocycles. The zero-order chi connectivity index (χ0) is 13.0. The lowest BCUT2D eigenvalue weighted by Gasteiger charge is -1.97. The van der Waals surface area contributed by atoms with Crippen LogP contribution >= 0.6 is 11.5 Å². The fraction of sp³-hybridized carbons (Fsp3) is 0.273. The van der Waals surface area contributed by atoms with Crippen molar-refractivity contribution in [3.05, 3.63) is 34.4 Å². The van der Waals surface area contributed by atoms with Gasteiger partial charge in [-0.15, -0.1) is 0 Å². The van der Waals surface area contributed by atoms with Gasteiger partial charge in [0.2, 0.25) is 5.13 Å². The molecule has 0 saturated carbocycles. The minimum Gasteiger partial charge on any atom is -0.360 e. The molecule has 94 valence electrons. The Bertz CT molecular complexity index is 538. The molecular weight excluding hydrogens is 252 g/mol. The van der Waals surface area contributed by atoms with Crippen LogP contribution in [0.3, 0.4) is 0 Å². The Kier molecular flexibility index (Phi) is 3.83. The van der Waals surface area contributed by atoms with Crippen LogP contribution in [-0.2, 0) is 0 Å². The van der Waals surface area contributed by atoms with E-state index in [9.17, 15) is 10.1 Å². The third kappa shape index (κ3) is 2.80. The number of nitrogens with zero attached hydrogens (tertiary/aromatic N) is 3. The van der Waals surface area contributed by atoms with Crippen LogP contribution in [0.5, 0.6) is 0 Å². The molecule has 0 fully saturated rings. The lowest BCUT2D eigenvalue weighted by molar-refractivity contribution is -0.384. The lowest BCUT2D eigenvalue weighted by atomic mass is 10.2. The van der Waals surface area contributed by atoms with E-state index in [-0.39, 0.29) is 5.69 Å². The molecule has 1 aromatic heterocycles. The molecule has 1 heterocycles. The van der Waals surface area contributed by atoms with Crippen LogP contribution in [0.1, 0.15) is 13.3 Å². The van der Waals surface area contributed by atoms with Crippen molar-refractivity contribution in [2.24, 2.45) is 0 Å². The Morgan fingerprint density at radius 3 is 2.72 bits per heavy atom. The molecule has 7 heteroatoms. The number of aromatic nitrogens is 2. The van der Waals surface area contributed by atoms with Gasteiger partial charge in [0.05, 0.1) is 4.92 Å². The summed E-state index contributed by atoms with van der Waals surface area (Å²) in [7, 11) is 0. The monoisotopic (exact) mass is 264 g/mol. The lowest BCUT2D eigenvalue weighted by Crippen LogP contribution is -1.98. The fourth-order valence-corrected chi connectivity index (χ4v) is 1.99. The zero-order valence-corrected chi connectivity index (χ0v) is 10.6. The second kappa shape index (κ2) is 5.54. The van der Waals surface area contributed by atoms with Gasteiger partial charge in [0.25, 0.3) is 5.69 Å². The summed E-state index contributed by atoms with van der Waals surface area (Å²) >= 11 is 1.29. The second-order valence-corrected chi connectivity index (χ2v) is 4.41. The van der Waals surface area contributed by atoms with Crippen LogP contribution in [0.15, 0.2) is 24.3 Å². The number of nitrogens with one attached hydrogen (secondary N) is 1. The summed E-state index contributed by atoms with van der Waals surface area (Å²) in [5, 5.41) is 14.5. The van der Waals surface area contributed by atoms with E-state index in [1.165, 1.54) is 23.7 Å². The summed E-state index contributed by atoms with van der Waals surface area (Å²) in [4.78, 5) is 14.4. The topological polar surface area (TPSA) is 81.0 Å². The van der Waals surface area contributed by atoms with Crippen molar-refractivity contribution in [2.75, 3.05) is 11.9 Å². The Balaban J connectivity index is 2.15. The summed E-state index contributed by atoms with van der Waals surface area (Å²) in [5.74, 6) is 0.591. The quantitative estimate of drug-likeness (QED) is 0.663. The number of nitro groups is 1. The number of benzene rings is 1. The first-order valence-corrected chi connectivity index (χ1v) is 6.30. The number of hydrogen-bond donors (Lipinski definition) is 1. The van der Waals surface area contributed by atoms with Gasteiger partial charge in [0.1, 0.15) is 0 Å². The molecule has 2 rings (SSSR count). The van der Waals surface area contributed by atoms with Gasteiger partial charge < -0.3 is 5.32 Å². The first-order chi connectivity index (χ1) is 8.70. The third-order valence-corrected chi connectivity index (χ3v) is 2.96. The zero-order valence-electron chi connectivity index (χ0n) is 9.79. The number of anilines is 1. The first kappa shape index (κ1) is 12.4. The molecular formula is C11H12N4O2S. The van der Waals surface area contributed by atoms with E-state index < -0.39 is 4.92 Å². The van der Waals surface area contributed by atoms with Crippen LogP contribution in [0, 0.1) is 10.1 Å². The smallest absolute Gasteiger partial charge is 0.269 e. The normalized spacial score (nSPS) is 10.3. The van der Waals surface area contributed by atoms with E-state index >= 15 is 0 Å². The summed E-state index contributed by atoms with van der Waals surface area (Å²) in [6.07, 6.45) is 1.02. The molecule has 0 aliphatic carbocycles. The number of non-ortho nitro benzene ring substituents is 1. The van der Waals surface area contributed by atoms with Crippen LogP contribution in [0.25, 0.3) is 11.4 Å². The van der Waals surface area contributed by atoms with Crippen molar-refractivity contribution < 1.29 is 4.92 Å². The van der Waals surface area contributed by atoms with E-state index in [0.717, 1.165) is 23.7 Å². The molecule has 0 aliphatic rings. The molecule has 2 aromatic rings. The van der Waals surface area contributed by atoms with E-state index in [1.54, 1.807) is 12.1 Å². The second-order valence-electron chi connectivity index (χ2n) is 3.65. The fourth-order valence-electron chi connectivity index (χ4n) is 1.38. The number of nitro benzene ring substituents is 1. The Morgan fingerprint density at radius 1 is 1.39 bits per heavy atom. The van der Waals surface area contributed by atoms with Gasteiger partial charge in [0.15, 0.2) is 5.82 Å². The highest BCUT2D eigenvalue weighted by Crippen LogP contribution is 2.23. The van der Waals surface area contributed by atoms with Crippen LogP contribution < -0.4 is 5.32 Å². The molecule has 18 heavy (non-hydrogen) atoms. The minimum absolute atomic E-state index is 0.0679. The maximum Gasteiger partial charge on any atom is 0.269 e. The van der Waals surface area contributed by atoms with E-state index in [2.05, 4.69) is 21.6 Å². The van der Waals surface area contributed by atoms with Crippen LogP contribution in [0.2, 0.25) is 0 Å². The molecule has 0 bridgehead atoms. The predicted molar refractivity (Wildman–Crippen MR) is 70.8 cm³/mol. The van der Waals surface area contributed by atoms with E-state index in [1.807, 2.05) is 0 Å². The third-order valence-electron chi connectivity index (χ3n) is 2.29. The van der Waals surface area contributed by atoms with Crippen LogP contribution in [-0.4, -0.2) is 20.8 Å². The molecule has 0 aliphatic heterocycles. The summed E-state index contributed by atoms with van der Waals surface area (Å²) in [6, 6.07) is 6.22. The molecule has 6 nitrogen and oxygen atoms in total. The van der Waals surface area contributed by atoms with Crippen molar-refractivity contribution in [3.8, 4) is 11.4 Å². The SMILES string of the molecule is CCCNc1nc(-c2ccc([N+](=O)[O-])cc2)ns1. The highest BCUT2D eigenvalue weighted by molar-refractivity contribution is 7.09. The van der Waals surface area contributed by atoms with Crippen molar-refractivity contribution >= 4 is 22.4 Å². The molecule has 0 saturated heterocycles. The van der Waals surface area contributed by atoms with Crippen molar-refractivity contribution in [1.29, 1.82) is 0 Å². The Hall–Kier alpha value is -2.02. The maximum absolute atomic E-state index is 10.5. The number of rotatable bonds is 5. The molecule has 0 spiro atoms. The minimum atomic E-state index is -0.424. The van der Waals surface area contributed by atoms with Crippen LogP contribution in [0.4, 0.5) is 10.8 Å². The standard InChI is InChI=1S/C11H12N4O2S/c1-2-7-12-11-13-10(14-18-11)8-3-5-9(6-4-8)15(16)17/h3-6H,2,7H2,1H3,(H,12,13,14). The largest absolute Gasteiger partial charge is 0.360 e. The molecule has 0 radical (unpaired) electrons. The van der Waals surface area contributed by atoms with Crippen molar-refractivity contribution in [1.82, 2.24) is 9.36 Å². The Morgan fingerprint density at radius 2 is 2.11 bits per heavy atom. The Labute approximate surface area is 108 Å². The number of hydrogen-bond acceptors (Lipinski definition) is 6. The average Bonchev–Trinajstić information content (AvgIpc) is 2.85. The van der Waals surface area contributed by atoms with E-state index in [4.69, 9.17) is 0 Å². The van der Waals surface area contributed by atoms with Gasteiger partial charge in [-0.25, -0.2) is 0 Å². The molecule has 0 unspecified atom stereocenters. The molecule has 0 atom stereocenters. The van der Waals surface area contributed by atoms with Gasteiger partial charge in [-0.1, -0.05) is 6.92 Å². The van der Waals surface area contributed by atoms with Gasteiger partial charge in [0, 0.05) is 35.8 Å². The molecule has 0 amide bonds. The average molecular weight is 264 g/mol. The summed E-state index contributed by atoms with van der Waals surface area (Å²) < 4.78 is 4.21. The van der Waals surface area contributed by atoms with Gasteiger partial charge >= 0.3 is 0 Å². The molecule has 1 N–H and O–H groups in total. The van der Waals surface area contributed by atoms with Crippen molar-refractivity contribution in [2.45, 2.75) is 13.3 Å². The van der Waals surface area contributed by atoms with Gasteiger partial charge in [-0.3, -0.25) is 10.1 Å². The highest BCUT2D eigenvalue weighted by atomic mass is 32.1. The summed E-state index contributed by atoms with van der Waals surface area (Å²) in [5.41, 5.74) is 0.847. The van der Waals surface area contributed by atoms with Gasteiger partial charge in [-0.2, -0.15) is 9.36 Å². The maximum atomic E-state index is 10.5. The summed E-state index contributed by atoms with van der Waals surface area (Å²) in [6.45, 7) is 2.93. The van der Waals surface area contributed by atoms with Gasteiger partial charge in [-0.05, 0) is 18.6 Å². The highest BCUT2D eigenvalue weighted by Gasteiger charge is 2.09. The van der Waals surface area contributed by atoms with E-state index in [0.29, 0.717) is 5.82 Å².